The van der Waals surface area contributed by atoms with Crippen LogP contribution in [0.25, 0.3) is 16.8 Å². The third kappa shape index (κ3) is 4.37. The molecule has 0 spiro atoms. The number of Topliss-reactive ketones (excluding diaryl/α,β-unsaturated/α-hetero) is 1. The molecule has 1 saturated heterocycles. The van der Waals surface area contributed by atoms with Crippen LogP contribution in [-0.4, -0.2) is 45.2 Å². The lowest BCUT2D eigenvalue weighted by Gasteiger charge is -2.22. The number of rotatable bonds is 5. The van der Waals surface area contributed by atoms with E-state index in [1.54, 1.807) is 6.08 Å². The predicted octanol–water partition coefficient (Wildman–Crippen LogP) is 3.60. The van der Waals surface area contributed by atoms with E-state index in [4.69, 9.17) is 9.47 Å². The van der Waals surface area contributed by atoms with E-state index in [2.05, 4.69) is 0 Å². The summed E-state index contributed by atoms with van der Waals surface area (Å²) in [4.78, 5) is 26.8. The van der Waals surface area contributed by atoms with Crippen molar-refractivity contribution in [1.82, 2.24) is 0 Å². The zero-order chi connectivity index (χ0) is 19.4. The van der Waals surface area contributed by atoms with Crippen LogP contribution in [0.4, 0.5) is 5.69 Å². The first-order chi connectivity index (χ1) is 13.0. The van der Waals surface area contributed by atoms with Crippen molar-refractivity contribution in [2.45, 2.75) is 25.9 Å². The van der Waals surface area contributed by atoms with Gasteiger partial charge in [-0.05, 0) is 30.0 Å². The van der Waals surface area contributed by atoms with Gasteiger partial charge in [0.05, 0.1) is 13.2 Å². The monoisotopic (exact) mass is 367 g/mol. The van der Waals surface area contributed by atoms with Gasteiger partial charge in [-0.3, -0.25) is 4.79 Å². The third-order valence-corrected chi connectivity index (χ3v) is 4.76. The van der Waals surface area contributed by atoms with Gasteiger partial charge in [0.1, 0.15) is 11.7 Å². The molecule has 0 amide bonds. The molecule has 5 heteroatoms. The lowest BCUT2D eigenvalue weighted by molar-refractivity contribution is -0.149. The maximum atomic E-state index is 12.6. The summed E-state index contributed by atoms with van der Waals surface area (Å²) in [7, 11) is 3.98. The number of esters is 1. The minimum Gasteiger partial charge on any atom is -0.459 e. The molecule has 5 nitrogen and oxygen atoms in total. The van der Waals surface area contributed by atoms with E-state index in [0.29, 0.717) is 26.1 Å². The Morgan fingerprint density at radius 3 is 2.37 bits per heavy atom. The maximum absolute atomic E-state index is 12.6. The lowest BCUT2D eigenvalue weighted by atomic mass is 9.99. The van der Waals surface area contributed by atoms with Gasteiger partial charge in [0.2, 0.25) is 0 Å². The van der Waals surface area contributed by atoms with Gasteiger partial charge in [0, 0.05) is 38.0 Å². The fourth-order valence-electron chi connectivity index (χ4n) is 3.29. The second-order valence-electron chi connectivity index (χ2n) is 6.95. The number of fused-ring (bicyclic) bond motifs is 1. The van der Waals surface area contributed by atoms with Crippen LogP contribution in [0.15, 0.2) is 42.0 Å². The molecular formula is C22H25NO4. The second kappa shape index (κ2) is 8.35. The van der Waals surface area contributed by atoms with Crippen molar-refractivity contribution < 1.29 is 19.1 Å². The number of carbonyl (C=O) groups is 2. The predicted molar refractivity (Wildman–Crippen MR) is 107 cm³/mol. The maximum Gasteiger partial charge on any atom is 0.342 e. The molecule has 3 rings (SSSR count). The molecule has 0 aliphatic carbocycles. The smallest absolute Gasteiger partial charge is 0.342 e. The number of carbonyl (C=O) groups excluding carboxylic acids is 2. The summed E-state index contributed by atoms with van der Waals surface area (Å²) < 4.78 is 10.8. The number of nitrogens with zero attached hydrogens (tertiary/aromatic N) is 1. The highest BCUT2D eigenvalue weighted by atomic mass is 16.6. The summed E-state index contributed by atoms with van der Waals surface area (Å²) in [5.74, 6) is -0.858. The first-order valence-electron chi connectivity index (χ1n) is 9.18. The first-order valence-corrected chi connectivity index (χ1v) is 9.18. The average Bonchev–Trinajstić information content (AvgIpc) is 2.66. The minimum atomic E-state index is -0.560. The van der Waals surface area contributed by atoms with Crippen molar-refractivity contribution in [3.05, 3.63) is 47.5 Å². The number of ether oxygens (including phenoxy) is 2. The fourth-order valence-corrected chi connectivity index (χ4v) is 3.29. The standard InChI is InChI=1S/C22H25NO4/c1-15(24)20(22(25)27-17-10-12-26-13-11-17)14-16-8-9-21(23(2)3)19-7-5-4-6-18(16)19/h4-9,14,17H,10-13H2,1-3H3/b20-14-. The molecule has 1 fully saturated rings. The molecule has 0 radical (unpaired) electrons. The van der Waals surface area contributed by atoms with E-state index in [1.165, 1.54) is 6.92 Å². The summed E-state index contributed by atoms with van der Waals surface area (Å²) in [5, 5.41) is 2.05. The van der Waals surface area contributed by atoms with E-state index >= 15 is 0 Å². The molecule has 27 heavy (non-hydrogen) atoms. The highest BCUT2D eigenvalue weighted by Gasteiger charge is 2.23. The number of ketones is 1. The Morgan fingerprint density at radius 2 is 1.74 bits per heavy atom. The topological polar surface area (TPSA) is 55.8 Å². The van der Waals surface area contributed by atoms with E-state index in [9.17, 15) is 9.59 Å². The average molecular weight is 367 g/mol. The van der Waals surface area contributed by atoms with Gasteiger partial charge < -0.3 is 14.4 Å². The zero-order valence-corrected chi connectivity index (χ0v) is 16.0. The Bertz CT molecular complexity index is 879. The van der Waals surface area contributed by atoms with Gasteiger partial charge in [-0.1, -0.05) is 30.3 Å². The fraction of sp³-hybridized carbons (Fsp3) is 0.364. The molecule has 0 N–H and O–H groups in total. The van der Waals surface area contributed by atoms with E-state index in [0.717, 1.165) is 22.0 Å². The summed E-state index contributed by atoms with van der Waals surface area (Å²) in [6.07, 6.45) is 2.78. The molecule has 1 aliphatic rings. The minimum absolute atomic E-state index is 0.0734. The number of benzene rings is 2. The van der Waals surface area contributed by atoms with Crippen molar-refractivity contribution in [2.24, 2.45) is 0 Å². The van der Waals surface area contributed by atoms with Crippen molar-refractivity contribution in [3.63, 3.8) is 0 Å². The quantitative estimate of drug-likeness (QED) is 0.350. The highest BCUT2D eigenvalue weighted by Crippen LogP contribution is 2.30. The van der Waals surface area contributed by atoms with Crippen LogP contribution in [0.5, 0.6) is 0 Å². The van der Waals surface area contributed by atoms with Crippen LogP contribution < -0.4 is 4.90 Å². The Balaban J connectivity index is 1.97. The molecule has 0 saturated carbocycles. The summed E-state index contributed by atoms with van der Waals surface area (Å²) in [5.41, 5.74) is 1.98. The summed E-state index contributed by atoms with van der Waals surface area (Å²) >= 11 is 0. The molecule has 142 valence electrons. The van der Waals surface area contributed by atoms with Gasteiger partial charge in [0.25, 0.3) is 0 Å². The molecule has 2 aromatic rings. The van der Waals surface area contributed by atoms with E-state index in [1.807, 2.05) is 55.4 Å². The van der Waals surface area contributed by atoms with Gasteiger partial charge in [-0.2, -0.15) is 0 Å². The number of hydrogen-bond donors (Lipinski definition) is 0. The number of anilines is 1. The van der Waals surface area contributed by atoms with E-state index < -0.39 is 5.97 Å². The molecule has 0 bridgehead atoms. The van der Waals surface area contributed by atoms with Crippen molar-refractivity contribution in [3.8, 4) is 0 Å². The zero-order valence-electron chi connectivity index (χ0n) is 16.0. The third-order valence-electron chi connectivity index (χ3n) is 4.76. The summed E-state index contributed by atoms with van der Waals surface area (Å²) in [6, 6.07) is 11.9. The van der Waals surface area contributed by atoms with Crippen LogP contribution in [0, 0.1) is 0 Å². The van der Waals surface area contributed by atoms with Gasteiger partial charge >= 0.3 is 5.97 Å². The largest absolute Gasteiger partial charge is 0.459 e. The normalized spacial score (nSPS) is 15.6. The van der Waals surface area contributed by atoms with Gasteiger partial charge in [0.15, 0.2) is 5.78 Å². The summed E-state index contributed by atoms with van der Waals surface area (Å²) in [6.45, 7) is 2.55. The number of hydrogen-bond acceptors (Lipinski definition) is 5. The van der Waals surface area contributed by atoms with Crippen LogP contribution in [0.1, 0.15) is 25.3 Å². The van der Waals surface area contributed by atoms with Crippen LogP contribution in [0.2, 0.25) is 0 Å². The molecule has 0 atom stereocenters. The Hall–Kier alpha value is -2.66. The molecule has 1 heterocycles. The van der Waals surface area contributed by atoms with Crippen molar-refractivity contribution in [2.75, 3.05) is 32.2 Å². The van der Waals surface area contributed by atoms with Crippen LogP contribution in [-0.2, 0) is 19.1 Å². The van der Waals surface area contributed by atoms with E-state index in [-0.39, 0.29) is 17.5 Å². The Morgan fingerprint density at radius 1 is 1.07 bits per heavy atom. The van der Waals surface area contributed by atoms with Crippen molar-refractivity contribution in [1.29, 1.82) is 0 Å². The SMILES string of the molecule is CC(=O)/C(=C/c1ccc(N(C)C)c2ccccc12)C(=O)OC1CCOCC1. The molecule has 0 unspecified atom stereocenters. The highest BCUT2D eigenvalue weighted by molar-refractivity contribution is 6.20. The first kappa shape index (κ1) is 19.1. The van der Waals surface area contributed by atoms with Crippen LogP contribution >= 0.6 is 0 Å². The molecule has 1 aliphatic heterocycles. The van der Waals surface area contributed by atoms with Gasteiger partial charge in [-0.15, -0.1) is 0 Å². The molecule has 2 aromatic carbocycles. The Kier molecular flexibility index (Phi) is 5.91. The Labute approximate surface area is 159 Å². The van der Waals surface area contributed by atoms with Crippen LogP contribution in [0.3, 0.4) is 0 Å². The van der Waals surface area contributed by atoms with Crippen molar-refractivity contribution >= 4 is 34.3 Å². The van der Waals surface area contributed by atoms with Gasteiger partial charge in [-0.25, -0.2) is 4.79 Å². The second-order valence-corrected chi connectivity index (χ2v) is 6.95. The molecular weight excluding hydrogens is 342 g/mol. The lowest BCUT2D eigenvalue weighted by Crippen LogP contribution is -2.27. The molecule has 0 aromatic heterocycles.